The Balaban J connectivity index is 2.07. The summed E-state index contributed by atoms with van der Waals surface area (Å²) in [6.45, 7) is 1.94. The van der Waals surface area contributed by atoms with Gasteiger partial charge in [-0.15, -0.1) is 11.8 Å². The lowest BCUT2D eigenvalue weighted by atomic mass is 10.0. The molecule has 100 valence electrons. The minimum absolute atomic E-state index is 0.211. The van der Waals surface area contributed by atoms with E-state index in [9.17, 15) is 4.39 Å². The van der Waals surface area contributed by atoms with Crippen LogP contribution in [0.15, 0.2) is 47.4 Å². The molecule has 19 heavy (non-hydrogen) atoms. The second-order valence-corrected chi connectivity index (χ2v) is 5.82. The summed E-state index contributed by atoms with van der Waals surface area (Å²) >= 11 is 7.67. The van der Waals surface area contributed by atoms with Crippen LogP contribution in [0, 0.1) is 12.7 Å². The summed E-state index contributed by atoms with van der Waals surface area (Å²) in [6, 6.07) is 12.1. The molecule has 0 aliphatic carbocycles. The second-order valence-electron chi connectivity index (χ2n) is 4.35. The van der Waals surface area contributed by atoms with Gasteiger partial charge in [0.15, 0.2) is 0 Å². The van der Waals surface area contributed by atoms with E-state index in [1.165, 1.54) is 12.1 Å². The number of rotatable bonds is 4. The van der Waals surface area contributed by atoms with Gasteiger partial charge in [-0.05, 0) is 42.3 Å². The molecule has 0 spiro atoms. The lowest BCUT2D eigenvalue weighted by Crippen LogP contribution is -2.14. The Morgan fingerprint density at radius 2 is 2.00 bits per heavy atom. The van der Waals surface area contributed by atoms with Gasteiger partial charge in [-0.1, -0.05) is 29.8 Å². The highest BCUT2D eigenvalue weighted by atomic mass is 35.5. The Kier molecular flexibility index (Phi) is 4.86. The summed E-state index contributed by atoms with van der Waals surface area (Å²) in [5.41, 5.74) is 7.99. The van der Waals surface area contributed by atoms with Crippen molar-refractivity contribution in [1.29, 1.82) is 0 Å². The van der Waals surface area contributed by atoms with E-state index in [0.717, 1.165) is 21.0 Å². The molecule has 2 N–H and O–H groups in total. The first-order valence-electron chi connectivity index (χ1n) is 5.97. The number of aryl methyl sites for hydroxylation is 1. The summed E-state index contributed by atoms with van der Waals surface area (Å²) in [7, 11) is 0. The summed E-state index contributed by atoms with van der Waals surface area (Å²) in [5, 5.41) is 0.718. The van der Waals surface area contributed by atoms with Crippen LogP contribution in [0.1, 0.15) is 17.2 Å². The summed E-state index contributed by atoms with van der Waals surface area (Å²) in [6.07, 6.45) is 0. The van der Waals surface area contributed by atoms with E-state index in [-0.39, 0.29) is 11.9 Å². The predicted molar refractivity (Wildman–Crippen MR) is 80.2 cm³/mol. The molecule has 2 rings (SSSR count). The van der Waals surface area contributed by atoms with Crippen LogP contribution in [0.5, 0.6) is 0 Å². The lowest BCUT2D eigenvalue weighted by molar-refractivity contribution is 0.621. The number of benzene rings is 2. The topological polar surface area (TPSA) is 26.0 Å². The molecule has 0 radical (unpaired) electrons. The van der Waals surface area contributed by atoms with Crippen molar-refractivity contribution in [3.8, 4) is 0 Å². The molecule has 0 bridgehead atoms. The fraction of sp³-hybridized carbons (Fsp3) is 0.200. The van der Waals surface area contributed by atoms with Crippen LogP contribution >= 0.6 is 23.4 Å². The summed E-state index contributed by atoms with van der Waals surface area (Å²) in [4.78, 5) is 0.994. The van der Waals surface area contributed by atoms with Gasteiger partial charge in [0.25, 0.3) is 0 Å². The first-order valence-corrected chi connectivity index (χ1v) is 7.33. The number of hydrogen-bond donors (Lipinski definition) is 1. The highest BCUT2D eigenvalue weighted by Gasteiger charge is 2.11. The van der Waals surface area contributed by atoms with Crippen molar-refractivity contribution < 1.29 is 4.39 Å². The van der Waals surface area contributed by atoms with Gasteiger partial charge in [-0.3, -0.25) is 0 Å². The Bertz CT molecular complexity index is 574. The molecule has 1 atom stereocenters. The zero-order valence-electron chi connectivity index (χ0n) is 10.6. The Labute approximate surface area is 122 Å². The Morgan fingerprint density at radius 1 is 1.26 bits per heavy atom. The van der Waals surface area contributed by atoms with E-state index >= 15 is 0 Å². The van der Waals surface area contributed by atoms with Crippen LogP contribution in [-0.4, -0.2) is 5.75 Å². The van der Waals surface area contributed by atoms with Crippen LogP contribution in [0.2, 0.25) is 5.02 Å². The van der Waals surface area contributed by atoms with Crippen molar-refractivity contribution >= 4 is 23.4 Å². The Morgan fingerprint density at radius 3 is 2.74 bits per heavy atom. The van der Waals surface area contributed by atoms with Gasteiger partial charge in [-0.25, -0.2) is 4.39 Å². The van der Waals surface area contributed by atoms with Gasteiger partial charge in [0, 0.05) is 16.7 Å². The van der Waals surface area contributed by atoms with E-state index in [0.29, 0.717) is 5.75 Å². The normalized spacial score (nSPS) is 12.4. The third-order valence-electron chi connectivity index (χ3n) is 2.90. The molecule has 2 aromatic rings. The Hall–Kier alpha value is -1.03. The molecule has 0 saturated carbocycles. The predicted octanol–water partition coefficient (Wildman–Crippen LogP) is 4.58. The monoisotopic (exact) mass is 295 g/mol. The number of nitrogens with two attached hydrogens (primary N) is 1. The second kappa shape index (κ2) is 6.42. The van der Waals surface area contributed by atoms with Crippen molar-refractivity contribution in [2.45, 2.75) is 17.9 Å². The average Bonchev–Trinajstić information content (AvgIpc) is 2.40. The molecule has 2 aromatic carbocycles. The molecule has 1 nitrogen and oxygen atoms in total. The SMILES string of the molecule is Cc1ccc(F)cc1C(N)CSc1ccccc1Cl. The first-order chi connectivity index (χ1) is 9.08. The van der Waals surface area contributed by atoms with E-state index in [2.05, 4.69) is 0 Å². The van der Waals surface area contributed by atoms with Crippen LogP contribution in [0.25, 0.3) is 0 Å². The maximum atomic E-state index is 13.3. The molecule has 4 heteroatoms. The van der Waals surface area contributed by atoms with Crippen molar-refractivity contribution in [2.75, 3.05) is 5.75 Å². The van der Waals surface area contributed by atoms with E-state index in [1.807, 2.05) is 31.2 Å². The molecule has 0 fully saturated rings. The summed E-state index contributed by atoms with van der Waals surface area (Å²) in [5.74, 6) is 0.410. The number of hydrogen-bond acceptors (Lipinski definition) is 2. The quantitative estimate of drug-likeness (QED) is 0.836. The number of thioether (sulfide) groups is 1. The highest BCUT2D eigenvalue weighted by molar-refractivity contribution is 7.99. The van der Waals surface area contributed by atoms with Gasteiger partial charge in [-0.2, -0.15) is 0 Å². The molecule has 0 saturated heterocycles. The van der Waals surface area contributed by atoms with Gasteiger partial charge in [0.05, 0.1) is 5.02 Å². The van der Waals surface area contributed by atoms with Gasteiger partial charge in [0.2, 0.25) is 0 Å². The third kappa shape index (κ3) is 3.72. The largest absolute Gasteiger partial charge is 0.323 e. The zero-order chi connectivity index (χ0) is 13.8. The average molecular weight is 296 g/mol. The van der Waals surface area contributed by atoms with Crippen molar-refractivity contribution in [3.05, 3.63) is 64.4 Å². The maximum Gasteiger partial charge on any atom is 0.123 e. The highest BCUT2D eigenvalue weighted by Crippen LogP contribution is 2.30. The molecule has 1 unspecified atom stereocenters. The molecular weight excluding hydrogens is 281 g/mol. The van der Waals surface area contributed by atoms with Crippen LogP contribution < -0.4 is 5.73 Å². The van der Waals surface area contributed by atoms with Gasteiger partial charge >= 0.3 is 0 Å². The minimum atomic E-state index is -0.251. The first kappa shape index (κ1) is 14.4. The van der Waals surface area contributed by atoms with E-state index in [1.54, 1.807) is 17.8 Å². The standard InChI is InChI=1S/C15H15ClFNS/c1-10-6-7-11(17)8-12(10)14(18)9-19-15-5-3-2-4-13(15)16/h2-8,14H,9,18H2,1H3. The van der Waals surface area contributed by atoms with Crippen molar-refractivity contribution in [3.63, 3.8) is 0 Å². The van der Waals surface area contributed by atoms with E-state index in [4.69, 9.17) is 17.3 Å². The van der Waals surface area contributed by atoms with Crippen molar-refractivity contribution in [1.82, 2.24) is 0 Å². The maximum absolute atomic E-state index is 13.3. The molecular formula is C15H15ClFNS. The molecule has 0 aromatic heterocycles. The summed E-state index contributed by atoms with van der Waals surface area (Å²) < 4.78 is 13.3. The lowest BCUT2D eigenvalue weighted by Gasteiger charge is -2.15. The number of halogens is 2. The zero-order valence-corrected chi connectivity index (χ0v) is 12.1. The third-order valence-corrected chi connectivity index (χ3v) is 4.53. The van der Waals surface area contributed by atoms with Gasteiger partial charge in [0.1, 0.15) is 5.82 Å². The van der Waals surface area contributed by atoms with Gasteiger partial charge < -0.3 is 5.73 Å². The minimum Gasteiger partial charge on any atom is -0.323 e. The van der Waals surface area contributed by atoms with Crippen LogP contribution in [-0.2, 0) is 0 Å². The molecule has 0 heterocycles. The van der Waals surface area contributed by atoms with E-state index < -0.39 is 0 Å². The van der Waals surface area contributed by atoms with Crippen molar-refractivity contribution in [2.24, 2.45) is 5.73 Å². The molecule has 0 aliphatic rings. The fourth-order valence-electron chi connectivity index (χ4n) is 1.84. The smallest absolute Gasteiger partial charge is 0.123 e. The van der Waals surface area contributed by atoms with Crippen LogP contribution in [0.3, 0.4) is 0 Å². The fourth-order valence-corrected chi connectivity index (χ4v) is 3.06. The molecule has 0 amide bonds. The van der Waals surface area contributed by atoms with Crippen LogP contribution in [0.4, 0.5) is 4.39 Å². The molecule has 0 aliphatic heterocycles.